The van der Waals surface area contributed by atoms with Gasteiger partial charge in [-0.3, -0.25) is 9.89 Å². The Bertz CT molecular complexity index is 290. The van der Waals surface area contributed by atoms with Gasteiger partial charge in [0.05, 0.1) is 6.61 Å². The number of methoxy groups -OCH3 is 1. The van der Waals surface area contributed by atoms with Crippen LogP contribution in [0.5, 0.6) is 0 Å². The molecule has 1 aliphatic rings. The van der Waals surface area contributed by atoms with E-state index in [2.05, 4.69) is 41.3 Å². The highest BCUT2D eigenvalue weighted by Crippen LogP contribution is 2.25. The maximum Gasteiger partial charge on any atom is 0.191 e. The lowest BCUT2D eigenvalue weighted by Gasteiger charge is -2.24. The van der Waals surface area contributed by atoms with E-state index in [0.29, 0.717) is 12.0 Å². The molecule has 0 aromatic rings. The Hall–Kier alpha value is -0.810. The Morgan fingerprint density at radius 1 is 1.30 bits per heavy atom. The molecule has 2 N–H and O–H groups in total. The average molecular weight is 284 g/mol. The highest BCUT2D eigenvalue weighted by molar-refractivity contribution is 5.79. The molecule has 1 fully saturated rings. The lowest BCUT2D eigenvalue weighted by Crippen LogP contribution is -2.46. The number of rotatable bonds is 9. The highest BCUT2D eigenvalue weighted by atomic mass is 16.5. The second-order valence-electron chi connectivity index (χ2n) is 5.94. The molecule has 1 aliphatic carbocycles. The molecule has 1 atom stereocenters. The van der Waals surface area contributed by atoms with Crippen LogP contribution in [0, 0.1) is 5.92 Å². The van der Waals surface area contributed by atoms with Crippen molar-refractivity contribution in [2.45, 2.75) is 45.7 Å². The predicted molar refractivity (Wildman–Crippen MR) is 85.3 cm³/mol. The zero-order valence-electron chi connectivity index (χ0n) is 13.8. The molecule has 0 aliphatic heterocycles. The molecule has 0 aromatic carbocycles. The van der Waals surface area contributed by atoms with E-state index in [9.17, 15) is 0 Å². The molecule has 0 bridgehead atoms. The third kappa shape index (κ3) is 6.57. The summed E-state index contributed by atoms with van der Waals surface area (Å²) in [6, 6.07) is 1.20. The van der Waals surface area contributed by atoms with Crippen LogP contribution < -0.4 is 10.6 Å². The van der Waals surface area contributed by atoms with Gasteiger partial charge in [-0.1, -0.05) is 13.8 Å². The molecular weight excluding hydrogens is 252 g/mol. The van der Waals surface area contributed by atoms with Gasteiger partial charge in [-0.05, 0) is 25.7 Å². The fourth-order valence-corrected chi connectivity index (χ4v) is 2.02. The summed E-state index contributed by atoms with van der Waals surface area (Å²) in [7, 11) is 3.59. The van der Waals surface area contributed by atoms with Crippen LogP contribution in [0.4, 0.5) is 0 Å². The molecule has 118 valence electrons. The number of aliphatic imine (C=N–C) groups is 1. The second kappa shape index (κ2) is 9.19. The van der Waals surface area contributed by atoms with Crippen molar-refractivity contribution >= 4 is 5.96 Å². The molecule has 0 saturated heterocycles. The minimum absolute atomic E-state index is 0.425. The summed E-state index contributed by atoms with van der Waals surface area (Å²) >= 11 is 0. The first kappa shape index (κ1) is 17.2. The van der Waals surface area contributed by atoms with E-state index < -0.39 is 0 Å². The topological polar surface area (TPSA) is 48.9 Å². The average Bonchev–Trinajstić information content (AvgIpc) is 3.25. The normalized spacial score (nSPS) is 17.6. The van der Waals surface area contributed by atoms with Crippen LogP contribution in [0.15, 0.2) is 4.99 Å². The van der Waals surface area contributed by atoms with Gasteiger partial charge < -0.3 is 15.4 Å². The number of nitrogens with one attached hydrogen (secondary N) is 2. The molecular formula is C15H32N4O. The first-order valence-corrected chi connectivity index (χ1v) is 7.78. The number of hydrogen-bond acceptors (Lipinski definition) is 3. The van der Waals surface area contributed by atoms with Crippen molar-refractivity contribution in [3.05, 3.63) is 0 Å². The highest BCUT2D eigenvalue weighted by Gasteiger charge is 2.28. The van der Waals surface area contributed by atoms with Crippen LogP contribution in [-0.2, 0) is 4.74 Å². The van der Waals surface area contributed by atoms with Gasteiger partial charge in [-0.15, -0.1) is 0 Å². The third-order valence-electron chi connectivity index (χ3n) is 3.93. The van der Waals surface area contributed by atoms with Crippen LogP contribution in [0.3, 0.4) is 0 Å². The minimum Gasteiger partial charge on any atom is -0.383 e. The zero-order chi connectivity index (χ0) is 15.0. The fraction of sp³-hybridized carbons (Fsp3) is 0.933. The third-order valence-corrected chi connectivity index (χ3v) is 3.93. The van der Waals surface area contributed by atoms with E-state index in [-0.39, 0.29) is 0 Å². The van der Waals surface area contributed by atoms with Crippen molar-refractivity contribution in [2.75, 3.05) is 40.4 Å². The monoisotopic (exact) mass is 284 g/mol. The molecule has 5 nitrogen and oxygen atoms in total. The fourth-order valence-electron chi connectivity index (χ4n) is 2.02. The van der Waals surface area contributed by atoms with Crippen molar-refractivity contribution in [1.29, 1.82) is 0 Å². The summed E-state index contributed by atoms with van der Waals surface area (Å²) in [6.07, 6.45) is 2.67. The van der Waals surface area contributed by atoms with Gasteiger partial charge in [-0.25, -0.2) is 0 Å². The van der Waals surface area contributed by atoms with Crippen LogP contribution in [-0.4, -0.2) is 63.3 Å². The van der Waals surface area contributed by atoms with Crippen LogP contribution in [0.2, 0.25) is 0 Å². The molecule has 1 rings (SSSR count). The minimum atomic E-state index is 0.425. The van der Waals surface area contributed by atoms with Crippen molar-refractivity contribution in [3.8, 4) is 0 Å². The van der Waals surface area contributed by atoms with Crippen LogP contribution in [0.25, 0.3) is 0 Å². The zero-order valence-corrected chi connectivity index (χ0v) is 13.8. The maximum atomic E-state index is 5.18. The quantitative estimate of drug-likeness (QED) is 0.495. The SMILES string of the molecule is CN=C(NCCN(CCOC)C1CC1)NC(C)C(C)C. The lowest BCUT2D eigenvalue weighted by atomic mass is 10.1. The Kier molecular flexibility index (Phi) is 7.92. The van der Waals surface area contributed by atoms with Gasteiger partial charge >= 0.3 is 0 Å². The summed E-state index contributed by atoms with van der Waals surface area (Å²) in [5, 5.41) is 6.82. The van der Waals surface area contributed by atoms with Gasteiger partial charge in [0.2, 0.25) is 0 Å². The van der Waals surface area contributed by atoms with Gasteiger partial charge in [0.15, 0.2) is 5.96 Å². The van der Waals surface area contributed by atoms with Gasteiger partial charge in [0.1, 0.15) is 0 Å². The van der Waals surface area contributed by atoms with Crippen molar-refractivity contribution in [2.24, 2.45) is 10.9 Å². The van der Waals surface area contributed by atoms with E-state index in [1.54, 1.807) is 7.11 Å². The van der Waals surface area contributed by atoms with E-state index in [4.69, 9.17) is 4.74 Å². The van der Waals surface area contributed by atoms with Crippen LogP contribution >= 0.6 is 0 Å². The molecule has 1 unspecified atom stereocenters. The smallest absolute Gasteiger partial charge is 0.191 e. The van der Waals surface area contributed by atoms with E-state index >= 15 is 0 Å². The van der Waals surface area contributed by atoms with Gasteiger partial charge in [0, 0.05) is 45.9 Å². The summed E-state index contributed by atoms with van der Waals surface area (Å²) in [5.74, 6) is 1.49. The molecule has 0 heterocycles. The Labute approximate surface area is 124 Å². The van der Waals surface area contributed by atoms with E-state index in [0.717, 1.165) is 38.2 Å². The molecule has 0 radical (unpaired) electrons. The number of ether oxygens (including phenoxy) is 1. The summed E-state index contributed by atoms with van der Waals surface area (Å²) in [5.41, 5.74) is 0. The molecule has 20 heavy (non-hydrogen) atoms. The van der Waals surface area contributed by atoms with E-state index in [1.165, 1.54) is 12.8 Å². The van der Waals surface area contributed by atoms with Crippen molar-refractivity contribution in [3.63, 3.8) is 0 Å². The molecule has 0 spiro atoms. The Morgan fingerprint density at radius 3 is 2.50 bits per heavy atom. The largest absolute Gasteiger partial charge is 0.383 e. The standard InChI is InChI=1S/C15H32N4O/c1-12(2)13(3)18-15(16-4)17-8-9-19(10-11-20-5)14-6-7-14/h12-14H,6-11H2,1-5H3,(H2,16,17,18). The Balaban J connectivity index is 2.25. The summed E-state index contributed by atoms with van der Waals surface area (Å²) in [4.78, 5) is 6.79. The van der Waals surface area contributed by atoms with Crippen molar-refractivity contribution in [1.82, 2.24) is 15.5 Å². The summed E-state index contributed by atoms with van der Waals surface area (Å²) < 4.78 is 5.18. The first-order valence-electron chi connectivity index (χ1n) is 7.78. The lowest BCUT2D eigenvalue weighted by molar-refractivity contribution is 0.144. The molecule has 0 aromatic heterocycles. The van der Waals surface area contributed by atoms with Crippen molar-refractivity contribution < 1.29 is 4.74 Å². The van der Waals surface area contributed by atoms with Crippen LogP contribution in [0.1, 0.15) is 33.6 Å². The number of hydrogen-bond donors (Lipinski definition) is 2. The second-order valence-corrected chi connectivity index (χ2v) is 5.94. The first-order chi connectivity index (χ1) is 9.58. The molecule has 0 amide bonds. The molecule has 1 saturated carbocycles. The number of nitrogens with zero attached hydrogens (tertiary/aromatic N) is 2. The number of guanidine groups is 1. The summed E-state index contributed by atoms with van der Waals surface area (Å²) in [6.45, 7) is 10.4. The van der Waals surface area contributed by atoms with Gasteiger partial charge in [-0.2, -0.15) is 0 Å². The molecule has 5 heteroatoms. The maximum absolute atomic E-state index is 5.18. The Morgan fingerprint density at radius 2 is 2.00 bits per heavy atom. The van der Waals surface area contributed by atoms with E-state index in [1.807, 2.05) is 7.05 Å². The van der Waals surface area contributed by atoms with Gasteiger partial charge in [0.25, 0.3) is 0 Å². The predicted octanol–water partition coefficient (Wildman–Crippen LogP) is 1.31.